The number of nitrogens with one attached hydrogen (secondary N) is 4. The number of halogens is 2. The number of imidazole rings is 1. The van der Waals surface area contributed by atoms with Crippen molar-refractivity contribution >= 4 is 11.2 Å². The Kier molecular flexibility index (Phi) is 12.8. The molecule has 0 saturated carbocycles. The molecule has 2 heterocycles. The standard InChI is InChI=1S/C5H4N4O3.2ClH.K.Na/c10-3-1-2(7-4(11)6-1)8-5(12)9-3;;;;/h(H4,6,7,8,9,10,11,12);2*1H;;/q;;;2*+1/p-2. The molecule has 0 bridgehead atoms. The van der Waals surface area contributed by atoms with Gasteiger partial charge in [-0.15, -0.1) is 0 Å². The average molecular weight is 301 g/mol. The largest absolute Gasteiger partial charge is 1.00 e. The Labute approximate surface area is 165 Å². The minimum atomic E-state index is -0.650. The van der Waals surface area contributed by atoms with Gasteiger partial charge in [0.2, 0.25) is 0 Å². The van der Waals surface area contributed by atoms with Crippen LogP contribution in [0, 0.1) is 0 Å². The number of hydrogen-bond donors (Lipinski definition) is 4. The molecule has 2 aromatic rings. The molecule has 0 radical (unpaired) electrons. The van der Waals surface area contributed by atoms with E-state index < -0.39 is 16.9 Å². The van der Waals surface area contributed by atoms with Crippen LogP contribution in [-0.2, 0) is 0 Å². The molecular formula is C5H4Cl2KN4NaO3. The Hall–Kier alpha value is 1.17. The second-order valence-corrected chi connectivity index (χ2v) is 2.24. The smallest absolute Gasteiger partial charge is 1.00 e. The third-order valence-electron chi connectivity index (χ3n) is 1.42. The van der Waals surface area contributed by atoms with E-state index >= 15 is 0 Å². The van der Waals surface area contributed by atoms with Gasteiger partial charge >= 0.3 is 92.3 Å². The molecule has 2 rings (SSSR count). The summed E-state index contributed by atoms with van der Waals surface area (Å²) < 4.78 is 0. The van der Waals surface area contributed by atoms with Crippen LogP contribution in [0.1, 0.15) is 0 Å². The van der Waals surface area contributed by atoms with Crippen LogP contribution < -0.4 is 123 Å². The van der Waals surface area contributed by atoms with Gasteiger partial charge in [0.15, 0.2) is 0 Å². The van der Waals surface area contributed by atoms with Gasteiger partial charge in [-0.2, -0.15) is 0 Å². The Morgan fingerprint density at radius 3 is 1.69 bits per heavy atom. The topological polar surface area (TPSA) is 114 Å². The molecule has 0 amide bonds. The van der Waals surface area contributed by atoms with Gasteiger partial charge in [0, 0.05) is 0 Å². The van der Waals surface area contributed by atoms with Crippen molar-refractivity contribution in [2.45, 2.75) is 0 Å². The van der Waals surface area contributed by atoms with E-state index in [0.717, 1.165) is 0 Å². The van der Waals surface area contributed by atoms with Crippen LogP contribution in [0.25, 0.3) is 11.2 Å². The van der Waals surface area contributed by atoms with E-state index in [4.69, 9.17) is 0 Å². The summed E-state index contributed by atoms with van der Waals surface area (Å²) in [5, 5.41) is 0. The Balaban J connectivity index is -0.000000422. The van der Waals surface area contributed by atoms with Gasteiger partial charge in [-0.1, -0.05) is 0 Å². The van der Waals surface area contributed by atoms with Crippen molar-refractivity contribution in [3.05, 3.63) is 31.3 Å². The molecule has 0 atom stereocenters. The van der Waals surface area contributed by atoms with Crippen molar-refractivity contribution < 1.29 is 106 Å². The second-order valence-electron chi connectivity index (χ2n) is 2.24. The first-order chi connectivity index (χ1) is 5.66. The number of aromatic amines is 4. The molecular weight excluding hydrogens is 297 g/mol. The Bertz CT molecular complexity index is 602. The van der Waals surface area contributed by atoms with Crippen LogP contribution in [0.15, 0.2) is 14.4 Å². The molecule has 0 aliphatic carbocycles. The summed E-state index contributed by atoms with van der Waals surface area (Å²) in [7, 11) is 0. The normalized spacial score (nSPS) is 8.00. The summed E-state index contributed by atoms with van der Waals surface area (Å²) in [4.78, 5) is 41.0. The molecule has 11 heteroatoms. The fourth-order valence-electron chi connectivity index (χ4n) is 0.958. The SMILES string of the molecule is O=c1[nH]c(=O)c2[nH]c(=O)[nH]c2[nH]1.[Cl-].[Cl-].[K+].[Na+]. The summed E-state index contributed by atoms with van der Waals surface area (Å²) in [6, 6.07) is 0. The molecule has 78 valence electrons. The fraction of sp³-hybridized carbons (Fsp3) is 0. The van der Waals surface area contributed by atoms with Gasteiger partial charge < -0.3 is 24.8 Å². The van der Waals surface area contributed by atoms with Crippen LogP contribution in [0.3, 0.4) is 0 Å². The number of fused-ring (bicyclic) bond motifs is 1. The molecule has 0 saturated heterocycles. The van der Waals surface area contributed by atoms with Crippen LogP contribution in [0.5, 0.6) is 0 Å². The van der Waals surface area contributed by atoms with Crippen molar-refractivity contribution in [1.82, 2.24) is 19.9 Å². The third-order valence-corrected chi connectivity index (χ3v) is 1.42. The quantitative estimate of drug-likeness (QED) is 0.362. The van der Waals surface area contributed by atoms with E-state index in [-0.39, 0.29) is 117 Å². The second kappa shape index (κ2) is 9.14. The first-order valence-corrected chi connectivity index (χ1v) is 3.11. The number of aromatic nitrogens is 4. The summed E-state index contributed by atoms with van der Waals surface area (Å²) in [5.74, 6) is 0. The third kappa shape index (κ3) is 4.81. The van der Waals surface area contributed by atoms with E-state index in [1.54, 1.807) is 0 Å². The predicted molar refractivity (Wildman–Crippen MR) is 40.2 cm³/mol. The van der Waals surface area contributed by atoms with E-state index in [9.17, 15) is 14.4 Å². The van der Waals surface area contributed by atoms with Crippen LogP contribution in [0.2, 0.25) is 0 Å². The molecule has 0 aliphatic rings. The minimum absolute atomic E-state index is 0. The fourth-order valence-corrected chi connectivity index (χ4v) is 0.958. The summed E-state index contributed by atoms with van der Waals surface area (Å²) in [6.45, 7) is 0. The van der Waals surface area contributed by atoms with Crippen molar-refractivity contribution in [3.63, 3.8) is 0 Å². The van der Waals surface area contributed by atoms with Gasteiger partial charge in [0.05, 0.1) is 0 Å². The van der Waals surface area contributed by atoms with Crippen LogP contribution in [0.4, 0.5) is 0 Å². The number of rotatable bonds is 0. The first kappa shape index (κ1) is 22.4. The first-order valence-electron chi connectivity index (χ1n) is 3.11. The molecule has 0 aromatic carbocycles. The van der Waals surface area contributed by atoms with Gasteiger partial charge in [-0.05, 0) is 0 Å². The maximum absolute atomic E-state index is 10.9. The predicted octanol–water partition coefficient (Wildman–Crippen LogP) is -13.8. The molecule has 4 N–H and O–H groups in total. The van der Waals surface area contributed by atoms with Crippen molar-refractivity contribution in [2.24, 2.45) is 0 Å². The molecule has 0 spiro atoms. The Morgan fingerprint density at radius 2 is 1.19 bits per heavy atom. The van der Waals surface area contributed by atoms with Crippen molar-refractivity contribution in [1.29, 1.82) is 0 Å². The molecule has 0 unspecified atom stereocenters. The van der Waals surface area contributed by atoms with E-state index in [0.29, 0.717) is 0 Å². The maximum Gasteiger partial charge on any atom is 1.00 e. The Morgan fingerprint density at radius 1 is 0.750 bits per heavy atom. The number of H-pyrrole nitrogens is 4. The zero-order valence-electron chi connectivity index (χ0n) is 8.48. The summed E-state index contributed by atoms with van der Waals surface area (Å²) in [6.07, 6.45) is 0. The monoisotopic (exact) mass is 300 g/mol. The molecule has 7 nitrogen and oxygen atoms in total. The van der Waals surface area contributed by atoms with E-state index in [1.165, 1.54) is 0 Å². The van der Waals surface area contributed by atoms with Crippen molar-refractivity contribution in [2.75, 3.05) is 0 Å². The van der Waals surface area contributed by atoms with Crippen molar-refractivity contribution in [3.8, 4) is 0 Å². The van der Waals surface area contributed by atoms with E-state index in [1.807, 2.05) is 4.98 Å². The van der Waals surface area contributed by atoms with Gasteiger partial charge in [0.25, 0.3) is 5.56 Å². The summed E-state index contributed by atoms with van der Waals surface area (Å²) >= 11 is 0. The van der Waals surface area contributed by atoms with Gasteiger partial charge in [-0.3, -0.25) is 24.7 Å². The van der Waals surface area contributed by atoms with Crippen LogP contribution in [-0.4, -0.2) is 19.9 Å². The van der Waals surface area contributed by atoms with Gasteiger partial charge in [0.1, 0.15) is 11.2 Å². The molecule has 2 aromatic heterocycles. The van der Waals surface area contributed by atoms with Gasteiger partial charge in [-0.25, -0.2) is 9.59 Å². The summed E-state index contributed by atoms with van der Waals surface area (Å²) in [5.41, 5.74) is -1.65. The maximum atomic E-state index is 10.9. The number of hydrogen-bond acceptors (Lipinski definition) is 3. The van der Waals surface area contributed by atoms with E-state index in [2.05, 4.69) is 15.0 Å². The molecule has 16 heavy (non-hydrogen) atoms. The molecule has 0 fully saturated rings. The zero-order chi connectivity index (χ0) is 8.72. The average Bonchev–Trinajstić information content (AvgIpc) is 2.29. The van der Waals surface area contributed by atoms with Crippen LogP contribution >= 0.6 is 0 Å². The molecule has 0 aliphatic heterocycles. The zero-order valence-corrected chi connectivity index (χ0v) is 15.1. The minimum Gasteiger partial charge on any atom is -1.00 e.